The van der Waals surface area contributed by atoms with Crippen molar-refractivity contribution in [3.63, 3.8) is 0 Å². The summed E-state index contributed by atoms with van der Waals surface area (Å²) < 4.78 is 0. The van der Waals surface area contributed by atoms with E-state index < -0.39 is 0 Å². The van der Waals surface area contributed by atoms with Crippen LogP contribution in [-0.4, -0.2) is 37.8 Å². The van der Waals surface area contributed by atoms with Gasteiger partial charge in [-0.1, -0.05) is 11.8 Å². The van der Waals surface area contributed by atoms with Gasteiger partial charge < -0.3 is 10.4 Å². The zero-order chi connectivity index (χ0) is 13.5. The van der Waals surface area contributed by atoms with Crippen LogP contribution in [0.5, 0.6) is 0 Å². The molecule has 0 bridgehead atoms. The van der Waals surface area contributed by atoms with E-state index >= 15 is 0 Å². The molecule has 3 N–H and O–H groups in total. The number of hydrogen-bond acceptors (Lipinski definition) is 5. The monoisotopic (exact) mass is 257 g/mol. The minimum atomic E-state index is -0.281. The largest absolute Gasteiger partial charge is 0.384 e. The second-order valence-electron chi connectivity index (χ2n) is 3.54. The predicted octanol–water partition coefficient (Wildman–Crippen LogP) is -0.527. The van der Waals surface area contributed by atoms with Crippen molar-refractivity contribution < 1.29 is 9.90 Å². The van der Waals surface area contributed by atoms with Crippen LogP contribution < -0.4 is 5.32 Å². The first-order chi connectivity index (χ1) is 9.29. The van der Waals surface area contributed by atoms with Crippen molar-refractivity contribution in [2.45, 2.75) is 6.54 Å². The molecule has 0 aliphatic carbocycles. The minimum Gasteiger partial charge on any atom is -0.384 e. The Kier molecular flexibility index (Phi) is 4.21. The summed E-state index contributed by atoms with van der Waals surface area (Å²) in [6, 6.07) is 1.60. The molecule has 0 aromatic carbocycles. The van der Waals surface area contributed by atoms with Gasteiger partial charge in [-0.15, -0.1) is 0 Å². The number of hydrogen-bond donors (Lipinski definition) is 3. The maximum Gasteiger partial charge on any atom is 0.253 e. The third-order valence-electron chi connectivity index (χ3n) is 2.19. The Morgan fingerprint density at radius 1 is 1.47 bits per heavy atom. The first-order valence-electron chi connectivity index (χ1n) is 5.47. The first kappa shape index (κ1) is 12.7. The quantitative estimate of drug-likeness (QED) is 0.641. The van der Waals surface area contributed by atoms with Crippen LogP contribution in [0.2, 0.25) is 0 Å². The van der Waals surface area contributed by atoms with E-state index in [4.69, 9.17) is 5.11 Å². The molecule has 0 saturated carbocycles. The molecule has 0 atom stereocenters. The Labute approximate surface area is 109 Å². The second-order valence-corrected chi connectivity index (χ2v) is 3.54. The molecule has 19 heavy (non-hydrogen) atoms. The van der Waals surface area contributed by atoms with Gasteiger partial charge in [-0.05, 0) is 6.07 Å². The molecule has 1 amide bonds. The first-order valence-corrected chi connectivity index (χ1v) is 5.47. The van der Waals surface area contributed by atoms with Crippen LogP contribution in [0.3, 0.4) is 0 Å². The number of H-pyrrole nitrogens is 1. The number of aliphatic hydroxyl groups excluding tert-OH is 1. The number of nitrogens with one attached hydrogen (secondary N) is 2. The van der Waals surface area contributed by atoms with Crippen molar-refractivity contribution in [1.82, 2.24) is 25.5 Å². The highest BCUT2D eigenvalue weighted by atomic mass is 16.2. The summed E-state index contributed by atoms with van der Waals surface area (Å²) in [6.45, 7) is 0.0211. The molecule has 2 heterocycles. The number of carbonyl (C=O) groups is 1. The lowest BCUT2D eigenvalue weighted by molar-refractivity contribution is 0.0949. The van der Waals surface area contributed by atoms with Crippen LogP contribution in [0, 0.1) is 11.8 Å². The summed E-state index contributed by atoms with van der Waals surface area (Å²) in [6.07, 6.45) is 4.34. The van der Waals surface area contributed by atoms with E-state index in [1.165, 1.54) is 18.7 Å². The third kappa shape index (κ3) is 3.62. The average Bonchev–Trinajstić information content (AvgIpc) is 2.96. The number of nitrogens with zero attached hydrogens (tertiary/aromatic N) is 3. The van der Waals surface area contributed by atoms with Crippen molar-refractivity contribution >= 4 is 5.91 Å². The topological polar surface area (TPSA) is 104 Å². The number of amides is 1. The third-order valence-corrected chi connectivity index (χ3v) is 2.19. The second kappa shape index (κ2) is 6.28. The van der Waals surface area contributed by atoms with Gasteiger partial charge in [0, 0.05) is 18.0 Å². The number of rotatable bonds is 3. The molecule has 2 rings (SSSR count). The molecule has 2 aromatic heterocycles. The molecule has 0 aliphatic heterocycles. The predicted molar refractivity (Wildman–Crippen MR) is 65.8 cm³/mol. The molecule has 96 valence electrons. The molecule has 7 heteroatoms. The fourth-order valence-electron chi connectivity index (χ4n) is 1.36. The van der Waals surface area contributed by atoms with E-state index in [1.807, 2.05) is 0 Å². The number of aliphatic hydroxyl groups is 1. The Hall–Kier alpha value is -2.72. The summed E-state index contributed by atoms with van der Waals surface area (Å²) in [5.74, 6) is 5.47. The van der Waals surface area contributed by atoms with Gasteiger partial charge in [-0.2, -0.15) is 5.10 Å². The van der Waals surface area contributed by atoms with Crippen LogP contribution in [0.25, 0.3) is 0 Å². The highest BCUT2D eigenvalue weighted by Gasteiger charge is 2.07. The molecule has 0 radical (unpaired) electrons. The smallest absolute Gasteiger partial charge is 0.253 e. The normalized spacial score (nSPS) is 9.53. The molecule has 7 nitrogen and oxygen atoms in total. The maximum absolute atomic E-state index is 11.9. The number of carbonyl (C=O) groups excluding carboxylic acids is 1. The van der Waals surface area contributed by atoms with Crippen LogP contribution in [0.1, 0.15) is 21.7 Å². The zero-order valence-corrected chi connectivity index (χ0v) is 9.92. The minimum absolute atomic E-state index is 0.234. The van der Waals surface area contributed by atoms with Crippen molar-refractivity contribution in [3.05, 3.63) is 41.7 Å². The lowest BCUT2D eigenvalue weighted by Gasteiger charge is -2.02. The van der Waals surface area contributed by atoms with E-state index in [9.17, 15) is 4.79 Å². The van der Waals surface area contributed by atoms with Gasteiger partial charge in [-0.25, -0.2) is 4.98 Å². The summed E-state index contributed by atoms with van der Waals surface area (Å²) in [7, 11) is 0. The number of aromatic nitrogens is 4. The van der Waals surface area contributed by atoms with Gasteiger partial charge >= 0.3 is 0 Å². The highest BCUT2D eigenvalue weighted by Crippen LogP contribution is 2.01. The van der Waals surface area contributed by atoms with Crippen LogP contribution >= 0.6 is 0 Å². The van der Waals surface area contributed by atoms with Gasteiger partial charge in [0.15, 0.2) is 0 Å². The van der Waals surface area contributed by atoms with Gasteiger partial charge in [0.25, 0.3) is 5.91 Å². The summed E-state index contributed by atoms with van der Waals surface area (Å²) in [4.78, 5) is 19.7. The van der Waals surface area contributed by atoms with Crippen molar-refractivity contribution in [2.24, 2.45) is 0 Å². The number of pyridine rings is 1. The zero-order valence-electron chi connectivity index (χ0n) is 9.92. The molecule has 0 saturated heterocycles. The Morgan fingerprint density at radius 3 is 3.11 bits per heavy atom. The molecular weight excluding hydrogens is 246 g/mol. The fraction of sp³-hybridized carbons (Fsp3) is 0.167. The maximum atomic E-state index is 11.9. The molecule has 0 unspecified atom stereocenters. The van der Waals surface area contributed by atoms with Gasteiger partial charge in [0.2, 0.25) is 0 Å². The van der Waals surface area contributed by atoms with Crippen LogP contribution in [0.15, 0.2) is 24.8 Å². The molecule has 0 spiro atoms. The van der Waals surface area contributed by atoms with E-state index in [-0.39, 0.29) is 19.1 Å². The average molecular weight is 257 g/mol. The summed E-state index contributed by atoms with van der Waals surface area (Å²) in [5, 5.41) is 17.6. The van der Waals surface area contributed by atoms with Crippen molar-refractivity contribution in [1.29, 1.82) is 0 Å². The van der Waals surface area contributed by atoms with E-state index in [0.717, 1.165) is 0 Å². The number of aromatic amines is 1. The lowest BCUT2D eigenvalue weighted by Crippen LogP contribution is -2.23. The Balaban J connectivity index is 2.02. The Morgan fingerprint density at radius 2 is 2.37 bits per heavy atom. The van der Waals surface area contributed by atoms with Crippen molar-refractivity contribution in [2.75, 3.05) is 6.61 Å². The standard InChI is InChI=1S/C12H11N5O2/c18-3-1-2-9-4-10(6-13-5-9)12(19)14-7-11-15-8-16-17-11/h4-6,8,18H,3,7H2,(H,14,19)(H,15,16,17). The van der Waals surface area contributed by atoms with Crippen LogP contribution in [0.4, 0.5) is 0 Å². The van der Waals surface area contributed by atoms with Crippen LogP contribution in [-0.2, 0) is 6.54 Å². The van der Waals surface area contributed by atoms with E-state index in [1.54, 1.807) is 6.07 Å². The Bertz CT molecular complexity index is 613. The van der Waals surface area contributed by atoms with E-state index in [0.29, 0.717) is 17.0 Å². The van der Waals surface area contributed by atoms with Crippen molar-refractivity contribution in [3.8, 4) is 11.8 Å². The van der Waals surface area contributed by atoms with E-state index in [2.05, 4.69) is 37.3 Å². The SMILES string of the molecule is O=C(NCc1ncn[nH]1)c1cncc(C#CCO)c1. The molecule has 0 fully saturated rings. The highest BCUT2D eigenvalue weighted by molar-refractivity contribution is 5.94. The van der Waals surface area contributed by atoms with Gasteiger partial charge in [0.05, 0.1) is 12.1 Å². The summed E-state index contributed by atoms with van der Waals surface area (Å²) >= 11 is 0. The van der Waals surface area contributed by atoms with Gasteiger partial charge in [0.1, 0.15) is 18.8 Å². The molecular formula is C12H11N5O2. The fourth-order valence-corrected chi connectivity index (χ4v) is 1.36. The van der Waals surface area contributed by atoms with Gasteiger partial charge in [-0.3, -0.25) is 14.9 Å². The summed E-state index contributed by atoms with van der Waals surface area (Å²) in [5.41, 5.74) is 0.964. The molecule has 2 aromatic rings. The molecule has 0 aliphatic rings. The lowest BCUT2D eigenvalue weighted by atomic mass is 10.2.